The highest BCUT2D eigenvalue weighted by Gasteiger charge is 2.33. The largest absolute Gasteiger partial charge is 0.497 e. The number of likely N-dealkylation sites (tertiary alicyclic amines) is 1. The van der Waals surface area contributed by atoms with Crippen LogP contribution in [0.5, 0.6) is 11.5 Å². The summed E-state index contributed by atoms with van der Waals surface area (Å²) < 4.78 is 11.6. The fourth-order valence-corrected chi connectivity index (χ4v) is 5.34. The average molecular weight is 459 g/mol. The average Bonchev–Trinajstić information content (AvgIpc) is 3.02. The quantitative estimate of drug-likeness (QED) is 0.690. The zero-order valence-electron chi connectivity index (χ0n) is 19.9. The summed E-state index contributed by atoms with van der Waals surface area (Å²) in [5.41, 5.74) is 2.99. The summed E-state index contributed by atoms with van der Waals surface area (Å²) in [6, 6.07) is 16.5. The number of methoxy groups -OCH3 is 1. The normalized spacial score (nSPS) is 24.7. The second-order valence-corrected chi connectivity index (χ2v) is 9.63. The number of piperidine rings is 1. The first-order valence-corrected chi connectivity index (χ1v) is 12.3. The van der Waals surface area contributed by atoms with Gasteiger partial charge >= 0.3 is 0 Å². The van der Waals surface area contributed by atoms with Crippen molar-refractivity contribution in [2.45, 2.75) is 37.3 Å². The van der Waals surface area contributed by atoms with Crippen LogP contribution >= 0.6 is 0 Å². The Bertz CT molecular complexity index is 1070. The van der Waals surface area contributed by atoms with Gasteiger partial charge in [-0.1, -0.05) is 42.5 Å². The number of ether oxygens (including phenoxy) is 2. The molecule has 0 aliphatic carbocycles. The standard InChI is InChI=1S/C29H34N2O3/c1-33-23-11-12-28-26(19-23)24(25-9-5-15-30-27(25)21-34-28)10-6-16-31-17-13-29(32,14-18-31)20-22-7-3-2-4-8-22/h2-5,7-12,15,19,25,27,32H,6,13-14,16-18,20-21H2,1H3. The lowest BCUT2D eigenvalue weighted by atomic mass is 9.84. The molecule has 1 N–H and O–H groups in total. The van der Waals surface area contributed by atoms with E-state index in [0.717, 1.165) is 62.4 Å². The molecule has 0 saturated carbocycles. The van der Waals surface area contributed by atoms with E-state index in [-0.39, 0.29) is 12.0 Å². The number of fused-ring (bicyclic) bond motifs is 2. The highest BCUT2D eigenvalue weighted by atomic mass is 16.5. The van der Waals surface area contributed by atoms with Crippen molar-refractivity contribution < 1.29 is 14.6 Å². The predicted octanol–water partition coefficient (Wildman–Crippen LogP) is 4.56. The van der Waals surface area contributed by atoms with Crippen molar-refractivity contribution in [2.75, 3.05) is 33.4 Å². The minimum absolute atomic E-state index is 0.0950. The lowest BCUT2D eigenvalue weighted by Crippen LogP contribution is -2.45. The van der Waals surface area contributed by atoms with Crippen LogP contribution in [0.3, 0.4) is 0 Å². The Morgan fingerprint density at radius 1 is 1.18 bits per heavy atom. The third kappa shape index (κ3) is 5.11. The Morgan fingerprint density at radius 3 is 2.79 bits per heavy atom. The highest BCUT2D eigenvalue weighted by molar-refractivity contribution is 5.80. The molecule has 3 aliphatic rings. The molecular weight excluding hydrogens is 424 g/mol. The lowest BCUT2D eigenvalue weighted by Gasteiger charge is -2.38. The third-order valence-corrected chi connectivity index (χ3v) is 7.34. The Hall–Kier alpha value is -2.89. The second kappa shape index (κ2) is 10.2. The summed E-state index contributed by atoms with van der Waals surface area (Å²) in [7, 11) is 1.70. The van der Waals surface area contributed by atoms with Crippen LogP contribution in [0, 0.1) is 5.92 Å². The van der Waals surface area contributed by atoms with E-state index >= 15 is 0 Å². The van der Waals surface area contributed by atoms with Gasteiger partial charge in [0.05, 0.1) is 18.8 Å². The molecule has 0 amide bonds. The van der Waals surface area contributed by atoms with Gasteiger partial charge in [0.2, 0.25) is 0 Å². The van der Waals surface area contributed by atoms with E-state index in [1.54, 1.807) is 7.11 Å². The van der Waals surface area contributed by atoms with Crippen molar-refractivity contribution in [3.63, 3.8) is 0 Å². The van der Waals surface area contributed by atoms with Gasteiger partial charge in [0.15, 0.2) is 0 Å². The van der Waals surface area contributed by atoms with E-state index in [9.17, 15) is 5.11 Å². The van der Waals surface area contributed by atoms with E-state index in [1.807, 2.05) is 42.6 Å². The van der Waals surface area contributed by atoms with Gasteiger partial charge in [0.25, 0.3) is 0 Å². The minimum Gasteiger partial charge on any atom is -0.497 e. The first-order valence-electron chi connectivity index (χ1n) is 12.3. The number of benzene rings is 2. The molecule has 2 aromatic carbocycles. The Morgan fingerprint density at radius 2 is 2.00 bits per heavy atom. The van der Waals surface area contributed by atoms with Gasteiger partial charge in [0.1, 0.15) is 18.1 Å². The van der Waals surface area contributed by atoms with Crippen LogP contribution in [-0.4, -0.2) is 61.2 Å². The molecule has 5 heteroatoms. The number of nitrogens with zero attached hydrogens (tertiary/aromatic N) is 2. The molecule has 0 aromatic heterocycles. The fraction of sp³-hybridized carbons (Fsp3) is 0.414. The number of aliphatic hydroxyl groups is 1. The van der Waals surface area contributed by atoms with Crippen LogP contribution in [0.4, 0.5) is 0 Å². The summed E-state index contributed by atoms with van der Waals surface area (Å²) >= 11 is 0. The molecule has 0 bridgehead atoms. The van der Waals surface area contributed by atoms with E-state index in [0.29, 0.717) is 6.61 Å². The van der Waals surface area contributed by atoms with Gasteiger partial charge in [-0.25, -0.2) is 0 Å². The van der Waals surface area contributed by atoms with Gasteiger partial charge < -0.3 is 19.5 Å². The molecular formula is C29H34N2O3. The number of hydrogen-bond acceptors (Lipinski definition) is 5. The Labute approximate surface area is 202 Å². The van der Waals surface area contributed by atoms with Gasteiger partial charge in [-0.3, -0.25) is 4.99 Å². The van der Waals surface area contributed by atoms with Crippen molar-refractivity contribution >= 4 is 11.8 Å². The number of aliphatic imine (C=N–C) groups is 1. The molecule has 178 valence electrons. The van der Waals surface area contributed by atoms with Crippen LogP contribution in [0.2, 0.25) is 0 Å². The second-order valence-electron chi connectivity index (χ2n) is 9.63. The van der Waals surface area contributed by atoms with Crippen LogP contribution in [0.25, 0.3) is 5.57 Å². The molecule has 2 atom stereocenters. The summed E-state index contributed by atoms with van der Waals surface area (Å²) in [5, 5.41) is 11.1. The summed E-state index contributed by atoms with van der Waals surface area (Å²) in [5.74, 6) is 1.94. The number of allylic oxidation sites excluding steroid dienone is 1. The van der Waals surface area contributed by atoms with Gasteiger partial charge in [-0.05, 0) is 54.7 Å². The summed E-state index contributed by atoms with van der Waals surface area (Å²) in [6.45, 7) is 3.41. The van der Waals surface area contributed by atoms with Crippen molar-refractivity contribution in [3.05, 3.63) is 77.9 Å². The molecule has 34 heavy (non-hydrogen) atoms. The molecule has 5 rings (SSSR count). The molecule has 1 fully saturated rings. The third-order valence-electron chi connectivity index (χ3n) is 7.34. The number of dihydropyridines is 1. The minimum atomic E-state index is -0.595. The topological polar surface area (TPSA) is 54.3 Å². The maximum absolute atomic E-state index is 11.1. The van der Waals surface area contributed by atoms with Gasteiger partial charge in [-0.15, -0.1) is 0 Å². The van der Waals surface area contributed by atoms with Crippen molar-refractivity contribution in [2.24, 2.45) is 10.9 Å². The van der Waals surface area contributed by atoms with Crippen LogP contribution in [0.1, 0.15) is 30.4 Å². The number of rotatable bonds is 6. The molecule has 0 radical (unpaired) electrons. The highest BCUT2D eigenvalue weighted by Crippen LogP contribution is 2.40. The molecule has 0 spiro atoms. The molecule has 3 heterocycles. The summed E-state index contributed by atoms with van der Waals surface area (Å²) in [4.78, 5) is 7.16. The summed E-state index contributed by atoms with van der Waals surface area (Å²) in [6.07, 6.45) is 11.8. The molecule has 1 saturated heterocycles. The van der Waals surface area contributed by atoms with Crippen LogP contribution in [0.15, 0.2) is 71.8 Å². The monoisotopic (exact) mass is 458 g/mol. The lowest BCUT2D eigenvalue weighted by molar-refractivity contribution is -0.0201. The zero-order valence-corrected chi connectivity index (χ0v) is 19.9. The fourth-order valence-electron chi connectivity index (χ4n) is 5.34. The zero-order chi connectivity index (χ0) is 23.4. The van der Waals surface area contributed by atoms with Crippen molar-refractivity contribution in [3.8, 4) is 11.5 Å². The smallest absolute Gasteiger partial charge is 0.127 e. The predicted molar refractivity (Wildman–Crippen MR) is 137 cm³/mol. The molecule has 3 aliphatic heterocycles. The van der Waals surface area contributed by atoms with E-state index in [1.165, 1.54) is 11.1 Å². The van der Waals surface area contributed by atoms with E-state index in [4.69, 9.17) is 9.47 Å². The Kier molecular flexibility index (Phi) is 6.84. The van der Waals surface area contributed by atoms with Gasteiger partial charge in [0, 0.05) is 43.8 Å². The molecule has 2 unspecified atom stereocenters. The van der Waals surface area contributed by atoms with Crippen molar-refractivity contribution in [1.82, 2.24) is 4.90 Å². The van der Waals surface area contributed by atoms with Crippen LogP contribution in [-0.2, 0) is 6.42 Å². The van der Waals surface area contributed by atoms with Crippen LogP contribution < -0.4 is 9.47 Å². The maximum atomic E-state index is 11.1. The SMILES string of the molecule is COc1ccc2c(c1)C(=CCCN1CCC(O)(Cc3ccccc3)CC1)C1C=CC=NC1CO2. The number of hydrogen-bond donors (Lipinski definition) is 1. The molecule has 2 aromatic rings. The van der Waals surface area contributed by atoms with E-state index < -0.39 is 5.60 Å². The first-order chi connectivity index (χ1) is 16.6. The molecule has 5 nitrogen and oxygen atoms in total. The van der Waals surface area contributed by atoms with E-state index in [2.05, 4.69) is 40.2 Å². The first kappa shape index (κ1) is 22.9. The van der Waals surface area contributed by atoms with Gasteiger partial charge in [-0.2, -0.15) is 0 Å². The maximum Gasteiger partial charge on any atom is 0.127 e. The van der Waals surface area contributed by atoms with Crippen molar-refractivity contribution in [1.29, 1.82) is 0 Å². The Balaban J connectivity index is 1.26.